The van der Waals surface area contributed by atoms with Crippen LogP contribution in [0.15, 0.2) is 23.0 Å². The van der Waals surface area contributed by atoms with Gasteiger partial charge >= 0.3 is 6.03 Å². The van der Waals surface area contributed by atoms with Crippen molar-refractivity contribution in [2.24, 2.45) is 0 Å². The zero-order chi connectivity index (χ0) is 15.7. The summed E-state index contributed by atoms with van der Waals surface area (Å²) >= 11 is 0. The minimum absolute atomic E-state index is 0.0468. The zero-order valence-corrected chi connectivity index (χ0v) is 13.6. The van der Waals surface area contributed by atoms with E-state index in [1.54, 1.807) is 12.5 Å². The molecule has 0 bridgehead atoms. The molecule has 126 valence electrons. The summed E-state index contributed by atoms with van der Waals surface area (Å²) in [5, 5.41) is 3.28. The second kappa shape index (κ2) is 6.19. The number of amides is 2. The Morgan fingerprint density at radius 1 is 1.30 bits per heavy atom. The minimum atomic E-state index is 0.0468. The first kappa shape index (κ1) is 15.1. The van der Waals surface area contributed by atoms with Gasteiger partial charge in [0.25, 0.3) is 0 Å². The average Bonchev–Trinajstić information content (AvgIpc) is 3.06. The number of furan rings is 1. The summed E-state index contributed by atoms with van der Waals surface area (Å²) in [5.41, 5.74) is 1.11. The van der Waals surface area contributed by atoms with E-state index in [9.17, 15) is 4.79 Å². The maximum atomic E-state index is 12.8. The number of hydrogen-bond donors (Lipinski definition) is 1. The molecule has 2 aliphatic carbocycles. The summed E-state index contributed by atoms with van der Waals surface area (Å²) in [6.07, 6.45) is 12.4. The number of nitrogens with one attached hydrogen (secondary N) is 1. The van der Waals surface area contributed by atoms with Gasteiger partial charge in [0.2, 0.25) is 0 Å². The Hall–Kier alpha value is -1.49. The van der Waals surface area contributed by atoms with Crippen LogP contribution in [0.4, 0.5) is 4.79 Å². The number of rotatable bonds is 4. The smallest absolute Gasteiger partial charge is 0.318 e. The second-order valence-corrected chi connectivity index (χ2v) is 7.37. The second-order valence-electron chi connectivity index (χ2n) is 7.37. The van der Waals surface area contributed by atoms with Crippen LogP contribution >= 0.6 is 0 Å². The van der Waals surface area contributed by atoms with Gasteiger partial charge in [0, 0.05) is 24.3 Å². The topological polar surface area (TPSA) is 54.7 Å². The number of urea groups is 1. The van der Waals surface area contributed by atoms with E-state index in [4.69, 9.17) is 9.15 Å². The molecule has 2 heterocycles. The van der Waals surface area contributed by atoms with Crippen molar-refractivity contribution < 1.29 is 13.9 Å². The summed E-state index contributed by atoms with van der Waals surface area (Å²) in [6.45, 7) is 1.41. The fourth-order valence-corrected chi connectivity index (χ4v) is 4.11. The van der Waals surface area contributed by atoms with Gasteiger partial charge in [-0.15, -0.1) is 0 Å². The Kier molecular flexibility index (Phi) is 4.05. The Bertz CT molecular complexity index is 532. The largest absolute Gasteiger partial charge is 0.472 e. The lowest BCUT2D eigenvalue weighted by Crippen LogP contribution is -2.51. The molecule has 2 saturated carbocycles. The van der Waals surface area contributed by atoms with Gasteiger partial charge in [-0.05, 0) is 44.6 Å². The highest BCUT2D eigenvalue weighted by molar-refractivity contribution is 5.75. The van der Waals surface area contributed by atoms with E-state index in [0.717, 1.165) is 50.7 Å². The Labute approximate surface area is 137 Å². The quantitative estimate of drug-likeness (QED) is 0.925. The highest BCUT2D eigenvalue weighted by atomic mass is 16.5. The monoisotopic (exact) mass is 318 g/mol. The van der Waals surface area contributed by atoms with E-state index in [1.165, 1.54) is 12.8 Å². The number of carbonyl (C=O) groups excluding carboxylic acids is 1. The van der Waals surface area contributed by atoms with Gasteiger partial charge in [-0.3, -0.25) is 0 Å². The van der Waals surface area contributed by atoms with Crippen molar-refractivity contribution >= 4 is 6.03 Å². The van der Waals surface area contributed by atoms with Crippen molar-refractivity contribution in [3.8, 4) is 0 Å². The molecule has 1 aromatic rings. The summed E-state index contributed by atoms with van der Waals surface area (Å²) in [6, 6.07) is 2.66. The molecule has 4 rings (SSSR count). The number of ether oxygens (including phenoxy) is 1. The molecule has 1 saturated heterocycles. The van der Waals surface area contributed by atoms with Crippen LogP contribution in [0.3, 0.4) is 0 Å². The van der Waals surface area contributed by atoms with Gasteiger partial charge in [-0.1, -0.05) is 12.8 Å². The SMILES string of the molecule is O=C(N[C@H]1CCOC2(CCCC2)C1)N(Cc1ccoc1)C1CC1. The van der Waals surface area contributed by atoms with Gasteiger partial charge in [0.15, 0.2) is 0 Å². The summed E-state index contributed by atoms with van der Waals surface area (Å²) in [4.78, 5) is 14.7. The van der Waals surface area contributed by atoms with Crippen molar-refractivity contribution in [1.82, 2.24) is 10.2 Å². The van der Waals surface area contributed by atoms with Crippen molar-refractivity contribution in [1.29, 1.82) is 0 Å². The van der Waals surface area contributed by atoms with Crippen LogP contribution in [0.1, 0.15) is 56.9 Å². The molecular weight excluding hydrogens is 292 g/mol. The first-order valence-corrected chi connectivity index (χ1v) is 8.96. The molecule has 3 fully saturated rings. The molecular formula is C18H26N2O3. The Balaban J connectivity index is 1.37. The van der Waals surface area contributed by atoms with E-state index < -0.39 is 0 Å². The van der Waals surface area contributed by atoms with Crippen molar-refractivity contribution in [3.63, 3.8) is 0 Å². The minimum Gasteiger partial charge on any atom is -0.472 e. The van der Waals surface area contributed by atoms with Crippen molar-refractivity contribution in [3.05, 3.63) is 24.2 Å². The molecule has 1 N–H and O–H groups in total. The zero-order valence-electron chi connectivity index (χ0n) is 13.6. The molecule has 1 aliphatic heterocycles. The molecule has 3 aliphatic rings. The molecule has 5 heteroatoms. The van der Waals surface area contributed by atoms with Crippen LogP contribution in [0.25, 0.3) is 0 Å². The van der Waals surface area contributed by atoms with E-state index >= 15 is 0 Å². The van der Waals surface area contributed by atoms with Crippen LogP contribution < -0.4 is 5.32 Å². The van der Waals surface area contributed by atoms with E-state index in [2.05, 4.69) is 5.32 Å². The van der Waals surface area contributed by atoms with Crippen LogP contribution in [0, 0.1) is 0 Å². The molecule has 0 unspecified atom stereocenters. The number of hydrogen-bond acceptors (Lipinski definition) is 3. The predicted octanol–water partition coefficient (Wildman–Crippen LogP) is 3.45. The lowest BCUT2D eigenvalue weighted by molar-refractivity contribution is -0.0824. The lowest BCUT2D eigenvalue weighted by atomic mass is 9.89. The third kappa shape index (κ3) is 3.39. The van der Waals surface area contributed by atoms with Crippen LogP contribution in [0.5, 0.6) is 0 Å². The van der Waals surface area contributed by atoms with E-state index in [1.807, 2.05) is 11.0 Å². The van der Waals surface area contributed by atoms with Gasteiger partial charge in [-0.2, -0.15) is 0 Å². The molecule has 1 atom stereocenters. The van der Waals surface area contributed by atoms with Crippen LogP contribution in [0.2, 0.25) is 0 Å². The molecule has 0 radical (unpaired) electrons. The molecule has 5 nitrogen and oxygen atoms in total. The Morgan fingerprint density at radius 3 is 2.83 bits per heavy atom. The number of nitrogens with zero attached hydrogens (tertiary/aromatic N) is 1. The van der Waals surface area contributed by atoms with Gasteiger partial charge in [-0.25, -0.2) is 4.79 Å². The van der Waals surface area contributed by atoms with E-state index in [0.29, 0.717) is 12.6 Å². The molecule has 23 heavy (non-hydrogen) atoms. The summed E-state index contributed by atoms with van der Waals surface area (Å²) < 4.78 is 11.2. The maximum Gasteiger partial charge on any atom is 0.318 e. The summed E-state index contributed by atoms with van der Waals surface area (Å²) in [7, 11) is 0. The average molecular weight is 318 g/mol. The normalized spacial score (nSPS) is 26.3. The van der Waals surface area contributed by atoms with Gasteiger partial charge in [0.05, 0.1) is 24.7 Å². The van der Waals surface area contributed by atoms with Crippen LogP contribution in [-0.2, 0) is 11.3 Å². The van der Waals surface area contributed by atoms with Crippen molar-refractivity contribution in [2.45, 2.75) is 75.6 Å². The first-order valence-electron chi connectivity index (χ1n) is 8.96. The van der Waals surface area contributed by atoms with Gasteiger partial charge < -0.3 is 19.4 Å². The standard InChI is InChI=1S/C18H26N2O3/c21-17(20(16-3-4-16)12-14-5-9-22-13-14)19-15-6-10-23-18(11-15)7-1-2-8-18/h5,9,13,15-16H,1-4,6-8,10-12H2,(H,19,21)/t15-/m0/s1. The van der Waals surface area contributed by atoms with Gasteiger partial charge in [0.1, 0.15) is 0 Å². The van der Waals surface area contributed by atoms with Crippen LogP contribution in [-0.4, -0.2) is 35.2 Å². The molecule has 0 aromatic carbocycles. The fourth-order valence-electron chi connectivity index (χ4n) is 4.11. The highest BCUT2D eigenvalue weighted by Crippen LogP contribution is 2.40. The Morgan fingerprint density at radius 2 is 2.13 bits per heavy atom. The maximum absolute atomic E-state index is 12.8. The first-order chi connectivity index (χ1) is 11.2. The molecule has 1 spiro atoms. The highest BCUT2D eigenvalue weighted by Gasteiger charge is 2.41. The lowest BCUT2D eigenvalue weighted by Gasteiger charge is -2.39. The molecule has 1 aromatic heterocycles. The predicted molar refractivity (Wildman–Crippen MR) is 86.0 cm³/mol. The number of carbonyl (C=O) groups is 1. The third-order valence-corrected chi connectivity index (χ3v) is 5.52. The molecule has 2 amide bonds. The van der Waals surface area contributed by atoms with Crippen molar-refractivity contribution in [2.75, 3.05) is 6.61 Å². The van der Waals surface area contributed by atoms with E-state index in [-0.39, 0.29) is 17.7 Å². The fraction of sp³-hybridized carbons (Fsp3) is 0.722. The summed E-state index contributed by atoms with van der Waals surface area (Å²) in [5.74, 6) is 0. The third-order valence-electron chi connectivity index (χ3n) is 5.52.